The topological polar surface area (TPSA) is 60.2 Å². The number of amidine groups is 1. The van der Waals surface area contributed by atoms with Gasteiger partial charge in [-0.1, -0.05) is 22.8 Å². The van der Waals surface area contributed by atoms with Crippen molar-refractivity contribution in [1.82, 2.24) is 4.90 Å². The quantitative estimate of drug-likeness (QED) is 0.259. The van der Waals surface area contributed by atoms with Crippen LogP contribution in [0.5, 0.6) is 0 Å². The Morgan fingerprint density at radius 1 is 1.16 bits per heavy atom. The van der Waals surface area contributed by atoms with Crippen LogP contribution in [0.2, 0.25) is 5.02 Å². The van der Waals surface area contributed by atoms with Crippen LogP contribution in [0.25, 0.3) is 0 Å². The van der Waals surface area contributed by atoms with Crippen molar-refractivity contribution in [2.75, 3.05) is 32.5 Å². The minimum Gasteiger partial charge on any atom is -0.411 e. The molecule has 2 aromatic rings. The Morgan fingerprint density at radius 2 is 1.94 bits per heavy atom. The normalized spacial score (nSPS) is 14.9. The maximum atomic E-state index is 14.4. The van der Waals surface area contributed by atoms with E-state index in [4.69, 9.17) is 11.6 Å². The van der Waals surface area contributed by atoms with E-state index in [0.717, 1.165) is 25.5 Å². The summed E-state index contributed by atoms with van der Waals surface area (Å²) in [5.74, 6) is -2.10. The SMILES string of the molecule is CN(C)CCCCN=C1Cc2c(/C(Cc3ccc(F)c(Cl)c3)=N/O)cc(F)c(F)c2N1. The first-order valence-electron chi connectivity index (χ1n) is 9.91. The van der Waals surface area contributed by atoms with Crippen LogP contribution in [0, 0.1) is 17.5 Å². The summed E-state index contributed by atoms with van der Waals surface area (Å²) in [6.45, 7) is 1.52. The van der Waals surface area contributed by atoms with Gasteiger partial charge in [-0.05, 0) is 62.8 Å². The molecule has 1 aliphatic rings. The molecule has 2 aromatic carbocycles. The molecule has 0 amide bonds. The summed E-state index contributed by atoms with van der Waals surface area (Å²) in [5, 5.41) is 15.7. The standard InChI is InChI=1S/C22H24ClF3N4O/c1-30(2)8-4-3-7-27-20-12-15-14(11-18(25)21(26)22(15)28-20)19(29-31)10-13-5-6-17(24)16(23)9-13/h5-6,9,11,31H,3-4,7-8,10,12H2,1-2H3,(H,27,28)/b29-19+. The number of oxime groups is 1. The molecule has 0 aromatic heterocycles. The second kappa shape index (κ2) is 10.2. The maximum absolute atomic E-state index is 14.4. The third-order valence-corrected chi connectivity index (χ3v) is 5.33. The van der Waals surface area contributed by atoms with Gasteiger partial charge < -0.3 is 15.4 Å². The van der Waals surface area contributed by atoms with Gasteiger partial charge >= 0.3 is 0 Å². The third kappa shape index (κ3) is 5.57. The number of aliphatic imine (C=N–C) groups is 1. The van der Waals surface area contributed by atoms with E-state index in [2.05, 4.69) is 20.4 Å². The van der Waals surface area contributed by atoms with Crippen molar-refractivity contribution in [3.8, 4) is 0 Å². The lowest BCUT2D eigenvalue weighted by atomic mass is 9.95. The summed E-state index contributed by atoms with van der Waals surface area (Å²) < 4.78 is 42.1. The molecule has 0 saturated heterocycles. The number of rotatable bonds is 8. The molecular weight excluding hydrogens is 429 g/mol. The number of unbranched alkanes of at least 4 members (excludes halogenated alkanes) is 1. The van der Waals surface area contributed by atoms with E-state index in [-0.39, 0.29) is 34.8 Å². The van der Waals surface area contributed by atoms with E-state index in [1.54, 1.807) is 0 Å². The van der Waals surface area contributed by atoms with E-state index >= 15 is 0 Å². The molecule has 2 N–H and O–H groups in total. The zero-order chi connectivity index (χ0) is 22.5. The molecule has 1 aliphatic heterocycles. The van der Waals surface area contributed by atoms with Gasteiger partial charge in [0.1, 0.15) is 11.7 Å². The number of benzene rings is 2. The summed E-state index contributed by atoms with van der Waals surface area (Å²) in [6, 6.07) is 5.10. The molecule has 0 radical (unpaired) electrons. The predicted octanol–water partition coefficient (Wildman–Crippen LogP) is 4.89. The van der Waals surface area contributed by atoms with Gasteiger partial charge in [-0.3, -0.25) is 4.99 Å². The first kappa shape index (κ1) is 23.1. The van der Waals surface area contributed by atoms with E-state index in [9.17, 15) is 18.4 Å². The fourth-order valence-electron chi connectivity index (χ4n) is 3.47. The molecule has 5 nitrogen and oxygen atoms in total. The fourth-order valence-corrected chi connectivity index (χ4v) is 3.67. The van der Waals surface area contributed by atoms with Gasteiger partial charge in [-0.25, -0.2) is 13.2 Å². The fraction of sp³-hybridized carbons (Fsp3) is 0.364. The molecule has 9 heteroatoms. The molecule has 0 bridgehead atoms. The van der Waals surface area contributed by atoms with Crippen LogP contribution in [0.15, 0.2) is 34.4 Å². The predicted molar refractivity (Wildman–Crippen MR) is 117 cm³/mol. The lowest BCUT2D eigenvalue weighted by molar-refractivity contribution is 0.318. The van der Waals surface area contributed by atoms with Crippen LogP contribution < -0.4 is 5.32 Å². The number of halogens is 4. The van der Waals surface area contributed by atoms with E-state index in [0.29, 0.717) is 23.5 Å². The highest BCUT2D eigenvalue weighted by molar-refractivity contribution is 6.30. The molecular formula is C22H24ClF3N4O. The zero-order valence-corrected chi connectivity index (χ0v) is 18.1. The average Bonchev–Trinajstić information content (AvgIpc) is 3.15. The molecule has 3 rings (SSSR count). The Morgan fingerprint density at radius 3 is 2.61 bits per heavy atom. The molecule has 0 aliphatic carbocycles. The van der Waals surface area contributed by atoms with Gasteiger partial charge in [0, 0.05) is 24.9 Å². The monoisotopic (exact) mass is 452 g/mol. The number of nitrogens with one attached hydrogen (secondary N) is 1. The number of hydrogen-bond acceptors (Lipinski definition) is 4. The summed E-state index contributed by atoms with van der Waals surface area (Å²) >= 11 is 5.82. The molecule has 0 spiro atoms. The van der Waals surface area contributed by atoms with Crippen LogP contribution in [0.3, 0.4) is 0 Å². The van der Waals surface area contributed by atoms with Gasteiger partial charge in [0.2, 0.25) is 0 Å². The molecule has 0 unspecified atom stereocenters. The highest BCUT2D eigenvalue weighted by atomic mass is 35.5. The molecule has 0 saturated carbocycles. The first-order chi connectivity index (χ1) is 14.8. The summed E-state index contributed by atoms with van der Waals surface area (Å²) in [6.07, 6.45) is 2.17. The molecule has 31 heavy (non-hydrogen) atoms. The Balaban J connectivity index is 1.82. The van der Waals surface area contributed by atoms with E-state index < -0.39 is 17.5 Å². The minimum atomic E-state index is -1.06. The third-order valence-electron chi connectivity index (χ3n) is 5.04. The van der Waals surface area contributed by atoms with Crippen molar-refractivity contribution in [3.63, 3.8) is 0 Å². The molecule has 166 valence electrons. The second-order valence-corrected chi connectivity index (χ2v) is 8.09. The maximum Gasteiger partial charge on any atom is 0.182 e. The van der Waals surface area contributed by atoms with Gasteiger partial charge in [-0.15, -0.1) is 0 Å². The summed E-state index contributed by atoms with van der Waals surface area (Å²) in [5.41, 5.74) is 1.42. The van der Waals surface area contributed by atoms with Crippen molar-refractivity contribution in [3.05, 3.63) is 63.4 Å². The van der Waals surface area contributed by atoms with Crippen LogP contribution in [0.1, 0.15) is 29.5 Å². The van der Waals surface area contributed by atoms with Crippen LogP contribution in [-0.2, 0) is 12.8 Å². The summed E-state index contributed by atoms with van der Waals surface area (Å²) in [7, 11) is 4.00. The van der Waals surface area contributed by atoms with Crippen LogP contribution in [0.4, 0.5) is 18.9 Å². The highest BCUT2D eigenvalue weighted by Gasteiger charge is 2.28. The van der Waals surface area contributed by atoms with E-state index in [1.165, 1.54) is 18.2 Å². The molecule has 0 atom stereocenters. The number of anilines is 1. The Kier molecular flexibility index (Phi) is 7.56. The molecule has 0 fully saturated rings. The Hall–Kier alpha value is -2.58. The largest absolute Gasteiger partial charge is 0.411 e. The number of hydrogen-bond donors (Lipinski definition) is 2. The second-order valence-electron chi connectivity index (χ2n) is 7.69. The van der Waals surface area contributed by atoms with Crippen molar-refractivity contribution in [2.24, 2.45) is 10.1 Å². The van der Waals surface area contributed by atoms with Gasteiger partial charge in [0.25, 0.3) is 0 Å². The van der Waals surface area contributed by atoms with Crippen LogP contribution in [-0.4, -0.2) is 48.8 Å². The van der Waals surface area contributed by atoms with Crippen molar-refractivity contribution >= 4 is 28.8 Å². The lowest BCUT2D eigenvalue weighted by Crippen LogP contribution is -2.13. The van der Waals surface area contributed by atoms with E-state index in [1.807, 2.05) is 14.1 Å². The van der Waals surface area contributed by atoms with Gasteiger partial charge in [0.15, 0.2) is 11.6 Å². The summed E-state index contributed by atoms with van der Waals surface area (Å²) in [4.78, 5) is 6.56. The van der Waals surface area contributed by atoms with Crippen molar-refractivity contribution in [1.29, 1.82) is 0 Å². The van der Waals surface area contributed by atoms with Gasteiger partial charge in [0.05, 0.1) is 16.4 Å². The van der Waals surface area contributed by atoms with Gasteiger partial charge in [-0.2, -0.15) is 0 Å². The zero-order valence-electron chi connectivity index (χ0n) is 17.4. The number of nitrogens with zero attached hydrogens (tertiary/aromatic N) is 3. The Labute approximate surface area is 184 Å². The van der Waals surface area contributed by atoms with Crippen molar-refractivity contribution in [2.45, 2.75) is 25.7 Å². The highest BCUT2D eigenvalue weighted by Crippen LogP contribution is 2.33. The smallest absolute Gasteiger partial charge is 0.182 e. The average molecular weight is 453 g/mol. The number of fused-ring (bicyclic) bond motifs is 1. The lowest BCUT2D eigenvalue weighted by Gasteiger charge is -2.11. The first-order valence-corrected chi connectivity index (χ1v) is 10.3. The minimum absolute atomic E-state index is 0.000306. The molecule has 1 heterocycles. The Bertz CT molecular complexity index is 1020. The van der Waals surface area contributed by atoms with Crippen LogP contribution >= 0.6 is 11.6 Å². The van der Waals surface area contributed by atoms with Crippen molar-refractivity contribution < 1.29 is 18.4 Å².